The molecule has 0 atom stereocenters. The molecule has 1 aliphatic heterocycles. The standard InChI is InChI=1S/C19H23N5O2/c1-12(2)24-17-16(10-20-24)18(25)22(3)19(21-17)23-8-7-13-5-6-15(26-4)9-14(13)11-23/h5-6,9-10,12H,7-8,11H2,1-4H3. The summed E-state index contributed by atoms with van der Waals surface area (Å²) >= 11 is 0. The van der Waals surface area contributed by atoms with Gasteiger partial charge in [-0.1, -0.05) is 6.07 Å². The van der Waals surface area contributed by atoms with Crippen LogP contribution >= 0.6 is 0 Å². The number of nitrogens with zero attached hydrogens (tertiary/aromatic N) is 5. The van der Waals surface area contributed by atoms with Crippen molar-refractivity contribution in [2.75, 3.05) is 18.6 Å². The molecule has 26 heavy (non-hydrogen) atoms. The maximum Gasteiger partial charge on any atom is 0.265 e. The van der Waals surface area contributed by atoms with Crippen LogP contribution in [0.25, 0.3) is 11.0 Å². The number of methoxy groups -OCH3 is 1. The van der Waals surface area contributed by atoms with Crippen LogP contribution in [0.4, 0.5) is 5.95 Å². The SMILES string of the molecule is COc1ccc2c(c1)CN(c1nc3c(cnn3C(C)C)c(=O)n1C)CC2. The Kier molecular flexibility index (Phi) is 3.94. The van der Waals surface area contributed by atoms with Gasteiger partial charge in [0.1, 0.15) is 11.1 Å². The van der Waals surface area contributed by atoms with Crippen LogP contribution in [0.1, 0.15) is 31.0 Å². The summed E-state index contributed by atoms with van der Waals surface area (Å²) in [5.74, 6) is 1.53. The number of rotatable bonds is 3. The van der Waals surface area contributed by atoms with Crippen LogP contribution < -0.4 is 15.2 Å². The smallest absolute Gasteiger partial charge is 0.265 e. The van der Waals surface area contributed by atoms with Crippen molar-refractivity contribution in [2.24, 2.45) is 7.05 Å². The van der Waals surface area contributed by atoms with E-state index in [-0.39, 0.29) is 11.6 Å². The number of anilines is 1. The molecule has 3 heterocycles. The molecule has 0 fully saturated rings. The van der Waals surface area contributed by atoms with Crippen LogP contribution in [0.2, 0.25) is 0 Å². The summed E-state index contributed by atoms with van der Waals surface area (Å²) in [5.41, 5.74) is 3.12. The third-order valence-corrected chi connectivity index (χ3v) is 5.01. The topological polar surface area (TPSA) is 65.2 Å². The first-order chi connectivity index (χ1) is 12.5. The fraction of sp³-hybridized carbons (Fsp3) is 0.421. The molecule has 136 valence electrons. The lowest BCUT2D eigenvalue weighted by Gasteiger charge is -2.31. The van der Waals surface area contributed by atoms with Gasteiger partial charge in [0.05, 0.1) is 13.3 Å². The summed E-state index contributed by atoms with van der Waals surface area (Å²) in [6.45, 7) is 5.60. The zero-order valence-electron chi connectivity index (χ0n) is 15.6. The number of aromatic nitrogens is 4. The molecule has 0 saturated carbocycles. The molecule has 0 saturated heterocycles. The third-order valence-electron chi connectivity index (χ3n) is 5.01. The average Bonchev–Trinajstić information content (AvgIpc) is 3.08. The third kappa shape index (κ3) is 2.55. The normalized spacial score (nSPS) is 14.1. The zero-order valence-corrected chi connectivity index (χ0v) is 15.6. The number of benzene rings is 1. The second-order valence-corrected chi connectivity index (χ2v) is 7.00. The monoisotopic (exact) mass is 353 g/mol. The van der Waals surface area contributed by atoms with Crippen molar-refractivity contribution in [3.05, 3.63) is 45.9 Å². The summed E-state index contributed by atoms with van der Waals surface area (Å²) < 4.78 is 8.78. The molecule has 0 unspecified atom stereocenters. The quantitative estimate of drug-likeness (QED) is 0.723. The van der Waals surface area contributed by atoms with E-state index in [9.17, 15) is 4.79 Å². The number of fused-ring (bicyclic) bond motifs is 2. The Bertz CT molecular complexity index is 1030. The van der Waals surface area contributed by atoms with Gasteiger partial charge in [0.2, 0.25) is 5.95 Å². The van der Waals surface area contributed by atoms with E-state index in [1.165, 1.54) is 11.1 Å². The predicted octanol–water partition coefficient (Wildman–Crippen LogP) is 2.28. The summed E-state index contributed by atoms with van der Waals surface area (Å²) in [6.07, 6.45) is 2.53. The van der Waals surface area contributed by atoms with Crippen LogP contribution in [-0.2, 0) is 20.0 Å². The molecule has 1 aromatic carbocycles. The van der Waals surface area contributed by atoms with E-state index < -0.39 is 0 Å². The Morgan fingerprint density at radius 1 is 1.23 bits per heavy atom. The van der Waals surface area contributed by atoms with Gasteiger partial charge in [-0.15, -0.1) is 0 Å². The minimum Gasteiger partial charge on any atom is -0.497 e. The van der Waals surface area contributed by atoms with Crippen LogP contribution in [0.5, 0.6) is 5.75 Å². The minimum atomic E-state index is -0.0617. The van der Waals surface area contributed by atoms with Crippen molar-refractivity contribution in [3.63, 3.8) is 0 Å². The summed E-state index contributed by atoms with van der Waals surface area (Å²) in [7, 11) is 3.45. The van der Waals surface area contributed by atoms with E-state index >= 15 is 0 Å². The zero-order chi connectivity index (χ0) is 18.4. The minimum absolute atomic E-state index is 0.0617. The molecular formula is C19H23N5O2. The van der Waals surface area contributed by atoms with Gasteiger partial charge >= 0.3 is 0 Å². The highest BCUT2D eigenvalue weighted by Gasteiger charge is 2.23. The van der Waals surface area contributed by atoms with Gasteiger partial charge in [-0.05, 0) is 43.5 Å². The van der Waals surface area contributed by atoms with Gasteiger partial charge < -0.3 is 9.64 Å². The first kappa shape index (κ1) is 16.6. The molecule has 0 aliphatic carbocycles. The largest absolute Gasteiger partial charge is 0.497 e. The molecule has 7 nitrogen and oxygen atoms in total. The molecule has 0 spiro atoms. The van der Waals surface area contributed by atoms with Gasteiger partial charge in [0.25, 0.3) is 5.56 Å². The molecule has 0 amide bonds. The van der Waals surface area contributed by atoms with Crippen molar-refractivity contribution < 1.29 is 4.74 Å². The lowest BCUT2D eigenvalue weighted by Crippen LogP contribution is -2.36. The molecule has 0 bridgehead atoms. The summed E-state index contributed by atoms with van der Waals surface area (Å²) in [6, 6.07) is 6.33. The van der Waals surface area contributed by atoms with E-state index in [0.717, 1.165) is 18.7 Å². The fourth-order valence-corrected chi connectivity index (χ4v) is 3.55. The van der Waals surface area contributed by atoms with Crippen molar-refractivity contribution in [1.29, 1.82) is 0 Å². The molecule has 2 aromatic heterocycles. The molecular weight excluding hydrogens is 330 g/mol. The van der Waals surface area contributed by atoms with Crippen molar-refractivity contribution >= 4 is 17.0 Å². The molecule has 3 aromatic rings. The predicted molar refractivity (Wildman–Crippen MR) is 101 cm³/mol. The number of hydrogen-bond donors (Lipinski definition) is 0. The van der Waals surface area contributed by atoms with Crippen molar-refractivity contribution in [2.45, 2.75) is 32.9 Å². The summed E-state index contributed by atoms with van der Waals surface area (Å²) in [5, 5.41) is 4.91. The molecule has 4 rings (SSSR count). The van der Waals surface area contributed by atoms with Crippen LogP contribution in [0.3, 0.4) is 0 Å². The lowest BCUT2D eigenvalue weighted by atomic mass is 10.00. The lowest BCUT2D eigenvalue weighted by molar-refractivity contribution is 0.413. The maximum atomic E-state index is 12.8. The Hall–Kier alpha value is -2.83. The Morgan fingerprint density at radius 2 is 2.04 bits per heavy atom. The van der Waals surface area contributed by atoms with Crippen LogP contribution in [0, 0.1) is 0 Å². The van der Waals surface area contributed by atoms with Crippen molar-refractivity contribution in [3.8, 4) is 5.75 Å². The Labute approximate surface area is 151 Å². The van der Waals surface area contributed by atoms with E-state index in [0.29, 0.717) is 23.5 Å². The number of hydrogen-bond acceptors (Lipinski definition) is 5. The Morgan fingerprint density at radius 3 is 2.77 bits per heavy atom. The van der Waals surface area contributed by atoms with Gasteiger partial charge in [-0.2, -0.15) is 10.1 Å². The first-order valence-corrected chi connectivity index (χ1v) is 8.84. The van der Waals surface area contributed by atoms with Crippen LogP contribution in [0.15, 0.2) is 29.2 Å². The highest BCUT2D eigenvalue weighted by Crippen LogP contribution is 2.27. The highest BCUT2D eigenvalue weighted by molar-refractivity contribution is 5.75. The summed E-state index contributed by atoms with van der Waals surface area (Å²) in [4.78, 5) is 19.8. The van der Waals surface area contributed by atoms with Gasteiger partial charge in [0.15, 0.2) is 5.65 Å². The second kappa shape index (κ2) is 6.16. The first-order valence-electron chi connectivity index (χ1n) is 8.84. The Balaban J connectivity index is 1.80. The molecule has 0 radical (unpaired) electrons. The van der Waals surface area contributed by atoms with E-state index in [2.05, 4.69) is 22.1 Å². The fourth-order valence-electron chi connectivity index (χ4n) is 3.55. The highest BCUT2D eigenvalue weighted by atomic mass is 16.5. The molecule has 1 aliphatic rings. The van der Waals surface area contributed by atoms with Gasteiger partial charge in [-0.25, -0.2) is 4.68 Å². The van der Waals surface area contributed by atoms with E-state index in [1.54, 1.807) is 29.6 Å². The average molecular weight is 353 g/mol. The molecule has 7 heteroatoms. The van der Waals surface area contributed by atoms with Crippen LogP contribution in [-0.4, -0.2) is 33.0 Å². The second-order valence-electron chi connectivity index (χ2n) is 7.00. The van der Waals surface area contributed by atoms with Gasteiger partial charge in [-0.3, -0.25) is 9.36 Å². The molecule has 0 N–H and O–H groups in total. The van der Waals surface area contributed by atoms with E-state index in [1.807, 2.05) is 19.9 Å². The van der Waals surface area contributed by atoms with Gasteiger partial charge in [0, 0.05) is 26.2 Å². The van der Waals surface area contributed by atoms with Crippen molar-refractivity contribution in [1.82, 2.24) is 19.3 Å². The number of ether oxygens (including phenoxy) is 1. The van der Waals surface area contributed by atoms with E-state index in [4.69, 9.17) is 9.72 Å². The maximum absolute atomic E-state index is 12.8.